The van der Waals surface area contributed by atoms with Crippen LogP contribution in [-0.2, 0) is 17.7 Å². The number of hydrogen-bond acceptors (Lipinski definition) is 8. The normalized spacial score (nSPS) is 26.2. The standard InChI is InChI=1S/C28H42N2O8Si2/c1-17(2)39(18(3)4)35-16-22-25(37-40(38-39,19(5)6)20(7)8)24(32)27(36-22)29-15-14-23(31)30(28(29)34)26(33)21-12-10-9-11-13-21/h9-15,17-20,22,24-25,27,32H,16H2,1-8H3/t22-,24?,25+,27-/m1/s1. The minimum absolute atomic E-state index is 0.0404. The van der Waals surface area contributed by atoms with Gasteiger partial charge in [-0.1, -0.05) is 73.6 Å². The SMILES string of the molecule is CC(C)[Si]1(C(C)C)OC[C@H]2O[C@@H](n3ccc(=O)n(C(=O)c4ccccc4)c3=O)C(O)[C@H]2O[Si](C(C)C)(C(C)C)O1. The molecular formula is C28H42N2O8Si2. The van der Waals surface area contributed by atoms with Crippen molar-refractivity contribution in [3.05, 3.63) is 69.0 Å². The van der Waals surface area contributed by atoms with Crippen LogP contribution in [0.15, 0.2) is 52.2 Å². The molecule has 2 aliphatic rings. The van der Waals surface area contributed by atoms with E-state index in [9.17, 15) is 19.5 Å². The van der Waals surface area contributed by atoms with Crippen molar-refractivity contribution in [2.75, 3.05) is 6.61 Å². The molecule has 0 aliphatic carbocycles. The maximum atomic E-state index is 13.5. The lowest BCUT2D eigenvalue weighted by molar-refractivity contribution is -0.0603. The van der Waals surface area contributed by atoms with Crippen LogP contribution in [0.3, 0.4) is 0 Å². The zero-order chi connectivity index (χ0) is 29.6. The van der Waals surface area contributed by atoms with Crippen LogP contribution in [0.2, 0.25) is 22.2 Å². The quantitative estimate of drug-likeness (QED) is 0.503. The van der Waals surface area contributed by atoms with E-state index in [1.165, 1.54) is 18.3 Å². The van der Waals surface area contributed by atoms with Gasteiger partial charge in [0.15, 0.2) is 6.23 Å². The Kier molecular flexibility index (Phi) is 8.91. The molecule has 0 bridgehead atoms. The number of nitrogens with zero attached hydrogens (tertiary/aromatic N) is 2. The third kappa shape index (κ3) is 5.15. The molecule has 4 atom stereocenters. The van der Waals surface area contributed by atoms with Crippen molar-refractivity contribution in [3.63, 3.8) is 0 Å². The Morgan fingerprint density at radius 2 is 1.48 bits per heavy atom. The number of aliphatic hydroxyl groups is 1. The van der Waals surface area contributed by atoms with Gasteiger partial charge in [-0.3, -0.25) is 14.2 Å². The number of ether oxygens (including phenoxy) is 1. The average Bonchev–Trinajstić information content (AvgIpc) is 3.17. The lowest BCUT2D eigenvalue weighted by atomic mass is 10.1. The van der Waals surface area contributed by atoms with Crippen LogP contribution in [-0.4, -0.2) is 62.2 Å². The van der Waals surface area contributed by atoms with Gasteiger partial charge in [0.25, 0.3) is 11.5 Å². The fourth-order valence-electron chi connectivity index (χ4n) is 5.95. The van der Waals surface area contributed by atoms with Crippen molar-refractivity contribution >= 4 is 23.0 Å². The molecule has 4 rings (SSSR count). The van der Waals surface area contributed by atoms with Gasteiger partial charge < -0.3 is 22.8 Å². The van der Waals surface area contributed by atoms with Gasteiger partial charge in [-0.2, -0.15) is 4.57 Å². The predicted octanol–water partition coefficient (Wildman–Crippen LogP) is 3.91. The van der Waals surface area contributed by atoms with Gasteiger partial charge in [0.1, 0.15) is 18.3 Å². The van der Waals surface area contributed by atoms with Gasteiger partial charge >= 0.3 is 22.8 Å². The highest BCUT2D eigenvalue weighted by atomic mass is 28.5. The van der Waals surface area contributed by atoms with Gasteiger partial charge in [0, 0.05) is 17.8 Å². The van der Waals surface area contributed by atoms with Crippen LogP contribution in [0, 0.1) is 0 Å². The second-order valence-corrected chi connectivity index (χ2v) is 20.8. The molecule has 40 heavy (non-hydrogen) atoms. The van der Waals surface area contributed by atoms with E-state index < -0.39 is 58.8 Å². The Balaban J connectivity index is 1.78. The first kappa shape index (κ1) is 30.8. The van der Waals surface area contributed by atoms with E-state index in [4.69, 9.17) is 17.7 Å². The molecule has 0 saturated carbocycles. The Bertz CT molecular complexity index is 1310. The van der Waals surface area contributed by atoms with E-state index in [2.05, 4.69) is 55.4 Å². The van der Waals surface area contributed by atoms with Gasteiger partial charge in [0.05, 0.1) is 6.61 Å². The number of hydrogen-bond donors (Lipinski definition) is 1. The number of carbonyl (C=O) groups excluding carboxylic acids is 1. The van der Waals surface area contributed by atoms with Crippen LogP contribution in [0.25, 0.3) is 0 Å². The van der Waals surface area contributed by atoms with Crippen LogP contribution in [0.1, 0.15) is 72.0 Å². The third-order valence-electron chi connectivity index (χ3n) is 8.15. The van der Waals surface area contributed by atoms with Gasteiger partial charge in [-0.25, -0.2) is 4.79 Å². The van der Waals surface area contributed by atoms with Crippen LogP contribution < -0.4 is 11.2 Å². The molecule has 1 N–H and O–H groups in total. The number of aliphatic hydroxyl groups excluding tert-OH is 1. The third-order valence-corrected chi connectivity index (χ3v) is 18.4. The number of aromatic nitrogens is 2. The molecule has 2 aromatic rings. The summed E-state index contributed by atoms with van der Waals surface area (Å²) in [5.41, 5.74) is -1.13. The molecule has 2 aliphatic heterocycles. The minimum atomic E-state index is -3.03. The monoisotopic (exact) mass is 590 g/mol. The van der Waals surface area contributed by atoms with E-state index in [1.54, 1.807) is 18.2 Å². The zero-order valence-electron chi connectivity index (χ0n) is 24.6. The second-order valence-electron chi connectivity index (χ2n) is 12.0. The molecule has 10 nitrogen and oxygen atoms in total. The summed E-state index contributed by atoms with van der Waals surface area (Å²) in [6.07, 6.45) is -2.73. The van der Waals surface area contributed by atoms with Crippen molar-refractivity contribution in [2.45, 2.75) is 102 Å². The number of fused-ring (bicyclic) bond motifs is 1. The molecule has 1 unspecified atom stereocenters. The summed E-state index contributed by atoms with van der Waals surface area (Å²) in [6.45, 7) is 16.9. The highest BCUT2D eigenvalue weighted by molar-refractivity contribution is 6.84. The number of rotatable bonds is 6. The first-order valence-corrected chi connectivity index (χ1v) is 18.0. The zero-order valence-corrected chi connectivity index (χ0v) is 26.6. The second kappa shape index (κ2) is 11.6. The maximum Gasteiger partial charge on any atom is 0.340 e. The lowest BCUT2D eigenvalue weighted by Gasteiger charge is -2.51. The van der Waals surface area contributed by atoms with E-state index in [0.717, 1.165) is 10.6 Å². The van der Waals surface area contributed by atoms with Crippen molar-refractivity contribution in [2.24, 2.45) is 0 Å². The van der Waals surface area contributed by atoms with E-state index in [-0.39, 0.29) is 34.3 Å². The summed E-state index contributed by atoms with van der Waals surface area (Å²) in [5, 5.41) is 11.6. The molecule has 0 amide bonds. The van der Waals surface area contributed by atoms with Crippen LogP contribution >= 0.6 is 0 Å². The van der Waals surface area contributed by atoms with Gasteiger partial charge in [0.2, 0.25) is 0 Å². The maximum absolute atomic E-state index is 13.5. The summed E-state index contributed by atoms with van der Waals surface area (Å²) < 4.78 is 28.7. The molecule has 1 aromatic heterocycles. The summed E-state index contributed by atoms with van der Waals surface area (Å²) in [4.78, 5) is 39.3. The molecule has 1 aromatic carbocycles. The smallest absolute Gasteiger partial charge is 0.340 e. The van der Waals surface area contributed by atoms with Crippen LogP contribution in [0.5, 0.6) is 0 Å². The summed E-state index contributed by atoms with van der Waals surface area (Å²) in [7, 11) is -5.86. The molecule has 2 saturated heterocycles. The first-order valence-electron chi connectivity index (χ1n) is 14.1. The Hall–Kier alpha value is -2.20. The molecule has 220 valence electrons. The van der Waals surface area contributed by atoms with Crippen molar-refractivity contribution < 1.29 is 27.6 Å². The molecular weight excluding hydrogens is 548 g/mol. The van der Waals surface area contributed by atoms with Crippen molar-refractivity contribution in [3.8, 4) is 0 Å². The average molecular weight is 591 g/mol. The molecule has 0 radical (unpaired) electrons. The number of benzene rings is 1. The van der Waals surface area contributed by atoms with Crippen LogP contribution in [0.4, 0.5) is 0 Å². The highest BCUT2D eigenvalue weighted by Gasteiger charge is 2.61. The minimum Gasteiger partial charge on any atom is -0.414 e. The van der Waals surface area contributed by atoms with Gasteiger partial charge in [-0.15, -0.1) is 0 Å². The Morgan fingerprint density at radius 3 is 2.02 bits per heavy atom. The van der Waals surface area contributed by atoms with Crippen molar-refractivity contribution in [1.82, 2.24) is 9.13 Å². The largest absolute Gasteiger partial charge is 0.414 e. The molecule has 12 heteroatoms. The fourth-order valence-corrected chi connectivity index (χ4v) is 17.2. The topological polar surface area (TPSA) is 118 Å². The van der Waals surface area contributed by atoms with Crippen molar-refractivity contribution in [1.29, 1.82) is 0 Å². The molecule has 0 spiro atoms. The molecule has 2 fully saturated rings. The fraction of sp³-hybridized carbons (Fsp3) is 0.607. The Morgan fingerprint density at radius 1 is 0.900 bits per heavy atom. The highest BCUT2D eigenvalue weighted by Crippen LogP contribution is 2.48. The van der Waals surface area contributed by atoms with E-state index in [1.807, 2.05) is 0 Å². The summed E-state index contributed by atoms with van der Waals surface area (Å²) in [5.74, 6) is -0.757. The lowest BCUT2D eigenvalue weighted by Crippen LogP contribution is -2.65. The number of carbonyl (C=O) groups is 1. The summed E-state index contributed by atoms with van der Waals surface area (Å²) in [6, 6.07) is 9.21. The predicted molar refractivity (Wildman–Crippen MR) is 155 cm³/mol. The van der Waals surface area contributed by atoms with E-state index in [0.29, 0.717) is 4.57 Å². The van der Waals surface area contributed by atoms with E-state index >= 15 is 0 Å². The molecule has 3 heterocycles. The Labute approximate surface area is 237 Å². The summed E-state index contributed by atoms with van der Waals surface area (Å²) >= 11 is 0. The first-order chi connectivity index (χ1) is 18.8. The van der Waals surface area contributed by atoms with Gasteiger partial charge in [-0.05, 0) is 34.3 Å².